The summed E-state index contributed by atoms with van der Waals surface area (Å²) in [5.41, 5.74) is 0. The van der Waals surface area contributed by atoms with E-state index >= 15 is 0 Å². The first-order chi connectivity index (χ1) is 11.3. The maximum Gasteiger partial charge on any atom is 0.240 e. The molecule has 1 unspecified atom stereocenters. The van der Waals surface area contributed by atoms with Crippen LogP contribution in [0.4, 0.5) is 0 Å². The van der Waals surface area contributed by atoms with Gasteiger partial charge in [0, 0.05) is 18.3 Å². The largest absolute Gasteiger partial charge is 0.493 e. The van der Waals surface area contributed by atoms with Crippen molar-refractivity contribution in [1.29, 1.82) is 0 Å². The van der Waals surface area contributed by atoms with E-state index in [-0.39, 0.29) is 41.5 Å². The molecule has 0 bridgehead atoms. The highest BCUT2D eigenvalue weighted by Crippen LogP contribution is 2.16. The molecule has 0 radical (unpaired) electrons. The molecular weight excluding hydrogens is 388 g/mol. The van der Waals surface area contributed by atoms with Gasteiger partial charge in [0.2, 0.25) is 10.0 Å². The number of hydrogen-bond acceptors (Lipinski definition) is 6. The molecule has 10 heteroatoms. The van der Waals surface area contributed by atoms with Crippen molar-refractivity contribution < 1.29 is 21.6 Å². The maximum absolute atomic E-state index is 12.2. The average molecular weight is 413 g/mol. The zero-order chi connectivity index (χ0) is 17.6. The lowest BCUT2D eigenvalue weighted by molar-refractivity contribution is 0.340. The number of nitrogens with one attached hydrogen (secondary N) is 2. The van der Waals surface area contributed by atoms with Gasteiger partial charge in [-0.1, -0.05) is 6.92 Å². The van der Waals surface area contributed by atoms with Crippen molar-refractivity contribution in [2.45, 2.75) is 30.7 Å². The molecule has 7 nitrogen and oxygen atoms in total. The normalized spacial score (nSPS) is 17.9. The minimum absolute atomic E-state index is 0. The van der Waals surface area contributed by atoms with E-state index in [1.807, 2.05) is 0 Å². The van der Waals surface area contributed by atoms with E-state index in [9.17, 15) is 16.8 Å². The number of sulfone groups is 1. The lowest BCUT2D eigenvalue weighted by Gasteiger charge is -2.12. The minimum Gasteiger partial charge on any atom is -0.493 e. The summed E-state index contributed by atoms with van der Waals surface area (Å²) in [6.45, 7) is 2.93. The molecule has 1 atom stereocenters. The van der Waals surface area contributed by atoms with Crippen LogP contribution in [0.2, 0.25) is 0 Å². The molecule has 1 aliphatic rings. The summed E-state index contributed by atoms with van der Waals surface area (Å²) >= 11 is 0. The first-order valence-corrected chi connectivity index (χ1v) is 11.3. The highest BCUT2D eigenvalue weighted by Gasteiger charge is 2.19. The van der Waals surface area contributed by atoms with Crippen molar-refractivity contribution in [2.75, 3.05) is 31.2 Å². The summed E-state index contributed by atoms with van der Waals surface area (Å²) in [7, 11) is -6.63. The van der Waals surface area contributed by atoms with Crippen LogP contribution in [-0.2, 0) is 19.9 Å². The second kappa shape index (κ2) is 9.72. The predicted octanol–water partition coefficient (Wildman–Crippen LogP) is 0.952. The molecular formula is C15H25ClN2O5S2. The first-order valence-electron chi connectivity index (χ1n) is 7.99. The van der Waals surface area contributed by atoms with Crippen LogP contribution < -0.4 is 14.8 Å². The highest BCUT2D eigenvalue weighted by atomic mass is 35.5. The van der Waals surface area contributed by atoms with E-state index in [0.717, 1.165) is 19.4 Å². The zero-order valence-electron chi connectivity index (χ0n) is 14.1. The summed E-state index contributed by atoms with van der Waals surface area (Å²) in [5.74, 6) is 0.465. The molecule has 1 saturated heterocycles. The molecule has 0 aliphatic carbocycles. The second-order valence-electron chi connectivity index (χ2n) is 5.70. The van der Waals surface area contributed by atoms with Crippen LogP contribution in [0.25, 0.3) is 0 Å². The zero-order valence-corrected chi connectivity index (χ0v) is 16.6. The van der Waals surface area contributed by atoms with Gasteiger partial charge in [-0.3, -0.25) is 0 Å². The number of halogens is 1. The molecule has 25 heavy (non-hydrogen) atoms. The molecule has 0 spiro atoms. The fourth-order valence-corrected chi connectivity index (χ4v) is 4.08. The van der Waals surface area contributed by atoms with Gasteiger partial charge in [-0.25, -0.2) is 21.6 Å². The number of benzene rings is 1. The molecule has 1 heterocycles. The molecule has 1 aromatic rings. The van der Waals surface area contributed by atoms with Crippen LogP contribution in [0.3, 0.4) is 0 Å². The van der Waals surface area contributed by atoms with E-state index in [1.54, 1.807) is 6.92 Å². The van der Waals surface area contributed by atoms with E-state index < -0.39 is 19.9 Å². The van der Waals surface area contributed by atoms with Crippen LogP contribution in [0.5, 0.6) is 5.75 Å². The summed E-state index contributed by atoms with van der Waals surface area (Å²) in [6, 6.07) is 6.15. The molecule has 144 valence electrons. The fourth-order valence-electron chi connectivity index (χ4n) is 2.37. The number of ether oxygens (including phenoxy) is 1. The van der Waals surface area contributed by atoms with Crippen molar-refractivity contribution in [1.82, 2.24) is 10.0 Å². The molecule has 0 aromatic heterocycles. The molecule has 1 aliphatic heterocycles. The Morgan fingerprint density at radius 3 is 2.44 bits per heavy atom. The number of hydrogen-bond donors (Lipinski definition) is 2. The highest BCUT2D eigenvalue weighted by molar-refractivity contribution is 7.91. The summed E-state index contributed by atoms with van der Waals surface area (Å²) in [4.78, 5) is 0.161. The Morgan fingerprint density at radius 1 is 1.20 bits per heavy atom. The molecule has 0 amide bonds. The van der Waals surface area contributed by atoms with Crippen LogP contribution in [-0.4, -0.2) is 54.1 Å². The Morgan fingerprint density at radius 2 is 1.88 bits per heavy atom. The standard InChI is InChI=1S/C15H24N2O5S2.ClH/c1-2-23(18,19)11-10-22-14-5-7-15(8-6-14)24(20,21)17-12-13-4-3-9-16-13;/h5-8,13,16-17H,2-4,9-12H2,1H3;1H. The molecule has 2 rings (SSSR count). The third kappa shape index (κ3) is 7.10. The maximum atomic E-state index is 12.2. The van der Waals surface area contributed by atoms with Gasteiger partial charge in [-0.15, -0.1) is 12.4 Å². The lowest BCUT2D eigenvalue weighted by atomic mass is 10.2. The average Bonchev–Trinajstić information content (AvgIpc) is 3.07. The van der Waals surface area contributed by atoms with Gasteiger partial charge < -0.3 is 10.1 Å². The quantitative estimate of drug-likeness (QED) is 0.626. The summed E-state index contributed by atoms with van der Waals surface area (Å²) in [5, 5.41) is 3.23. The smallest absolute Gasteiger partial charge is 0.240 e. The molecule has 1 fully saturated rings. The van der Waals surface area contributed by atoms with Gasteiger partial charge in [0.05, 0.1) is 10.6 Å². The molecule has 0 saturated carbocycles. The summed E-state index contributed by atoms with van der Waals surface area (Å²) < 4.78 is 55.2. The molecule has 1 aromatic carbocycles. The third-order valence-corrected chi connectivity index (χ3v) is 7.03. The fraction of sp³-hybridized carbons (Fsp3) is 0.600. The topological polar surface area (TPSA) is 102 Å². The predicted molar refractivity (Wildman–Crippen MR) is 99.7 cm³/mol. The van der Waals surface area contributed by atoms with Crippen molar-refractivity contribution in [2.24, 2.45) is 0 Å². The number of rotatable bonds is 9. The van der Waals surface area contributed by atoms with Gasteiger partial charge in [0.25, 0.3) is 0 Å². The van der Waals surface area contributed by atoms with Gasteiger partial charge in [0.1, 0.15) is 12.4 Å². The van der Waals surface area contributed by atoms with Crippen LogP contribution >= 0.6 is 12.4 Å². The van der Waals surface area contributed by atoms with Gasteiger partial charge >= 0.3 is 0 Å². The van der Waals surface area contributed by atoms with Crippen molar-refractivity contribution in [3.63, 3.8) is 0 Å². The Kier molecular flexibility index (Phi) is 8.62. The van der Waals surface area contributed by atoms with Gasteiger partial charge in [-0.2, -0.15) is 0 Å². The van der Waals surface area contributed by atoms with Crippen molar-refractivity contribution in [3.8, 4) is 5.75 Å². The van der Waals surface area contributed by atoms with E-state index in [0.29, 0.717) is 12.3 Å². The minimum atomic E-state index is -3.55. The van der Waals surface area contributed by atoms with Crippen LogP contribution in [0, 0.1) is 0 Å². The Bertz CT molecular complexity index is 730. The summed E-state index contributed by atoms with van der Waals surface area (Å²) in [6.07, 6.45) is 2.03. The SMILES string of the molecule is CCS(=O)(=O)CCOc1ccc(S(=O)(=O)NCC2CCCN2)cc1.Cl. The second-order valence-corrected chi connectivity index (χ2v) is 9.94. The van der Waals surface area contributed by atoms with Crippen LogP contribution in [0.1, 0.15) is 19.8 Å². The van der Waals surface area contributed by atoms with Crippen molar-refractivity contribution in [3.05, 3.63) is 24.3 Å². The number of sulfonamides is 1. The van der Waals surface area contributed by atoms with E-state index in [1.165, 1.54) is 24.3 Å². The van der Waals surface area contributed by atoms with E-state index in [4.69, 9.17) is 4.74 Å². The molecule has 2 N–H and O–H groups in total. The Labute approximate surface area is 155 Å². The monoisotopic (exact) mass is 412 g/mol. The van der Waals surface area contributed by atoms with E-state index in [2.05, 4.69) is 10.0 Å². The Hall–Kier alpha value is -0.870. The lowest BCUT2D eigenvalue weighted by Crippen LogP contribution is -2.37. The van der Waals surface area contributed by atoms with Crippen molar-refractivity contribution >= 4 is 32.3 Å². The van der Waals surface area contributed by atoms with Crippen LogP contribution in [0.15, 0.2) is 29.2 Å². The first kappa shape index (κ1) is 22.2. The van der Waals surface area contributed by atoms with Gasteiger partial charge in [0.15, 0.2) is 9.84 Å². The van der Waals surface area contributed by atoms with Gasteiger partial charge in [-0.05, 0) is 43.7 Å². The Balaban J connectivity index is 0.00000312. The third-order valence-electron chi connectivity index (χ3n) is 3.92.